The van der Waals surface area contributed by atoms with Crippen molar-refractivity contribution in [2.45, 2.75) is 57.8 Å². The van der Waals surface area contributed by atoms with Gasteiger partial charge in [-0.3, -0.25) is 9.78 Å². The van der Waals surface area contributed by atoms with Crippen molar-refractivity contribution in [3.05, 3.63) is 58.4 Å². The number of aromatic nitrogens is 1. The van der Waals surface area contributed by atoms with E-state index >= 15 is 0 Å². The zero-order valence-electron chi connectivity index (χ0n) is 14.5. The van der Waals surface area contributed by atoms with Crippen molar-refractivity contribution in [1.29, 1.82) is 0 Å². The second kappa shape index (κ2) is 8.01. The van der Waals surface area contributed by atoms with E-state index in [4.69, 9.17) is 4.98 Å². The minimum absolute atomic E-state index is 0. The molecule has 3 nitrogen and oxygen atoms in total. The molecule has 2 aliphatic rings. The maximum Gasteiger partial charge on any atom is 0.228 e. The average molecular weight is 357 g/mol. The van der Waals surface area contributed by atoms with Crippen molar-refractivity contribution >= 4 is 24.0 Å². The summed E-state index contributed by atoms with van der Waals surface area (Å²) in [7, 11) is 0. The predicted molar refractivity (Wildman–Crippen MR) is 104 cm³/mol. The molecule has 0 atom stereocenters. The average Bonchev–Trinajstić information content (AvgIpc) is 2.62. The molecule has 1 heterocycles. The first-order valence-electron chi connectivity index (χ1n) is 9.18. The molecular weight excluding hydrogens is 332 g/mol. The summed E-state index contributed by atoms with van der Waals surface area (Å²) in [4.78, 5) is 17.6. The van der Waals surface area contributed by atoms with Crippen LogP contribution in [0, 0.1) is 0 Å². The van der Waals surface area contributed by atoms with Crippen LogP contribution in [0.25, 0.3) is 0 Å². The van der Waals surface area contributed by atoms with Crippen molar-refractivity contribution in [1.82, 2.24) is 4.98 Å². The van der Waals surface area contributed by atoms with Gasteiger partial charge in [0.15, 0.2) is 0 Å². The summed E-state index contributed by atoms with van der Waals surface area (Å²) in [6.45, 7) is 0. The molecule has 2 aliphatic carbocycles. The monoisotopic (exact) mass is 356 g/mol. The van der Waals surface area contributed by atoms with Crippen molar-refractivity contribution in [3.8, 4) is 0 Å². The standard InChI is InChI=1S/C21H24N2O.ClH/c24-20(14-15-8-2-1-3-9-15)23-21-16-10-4-6-12-18(16)22-19-13-7-5-11-17(19)21;/h1-3,8-9H,4-7,10-14H2,(H,22,23,24);1H. The van der Waals surface area contributed by atoms with Gasteiger partial charge in [0.05, 0.1) is 12.1 Å². The first-order chi connectivity index (χ1) is 11.8. The van der Waals surface area contributed by atoms with E-state index < -0.39 is 0 Å². The Kier molecular flexibility index (Phi) is 5.74. The van der Waals surface area contributed by atoms with E-state index in [2.05, 4.69) is 5.32 Å². The van der Waals surface area contributed by atoms with Gasteiger partial charge in [0.1, 0.15) is 0 Å². The fourth-order valence-corrected chi connectivity index (χ4v) is 4.02. The first kappa shape index (κ1) is 17.9. The summed E-state index contributed by atoms with van der Waals surface area (Å²) in [5.74, 6) is 0.0907. The van der Waals surface area contributed by atoms with Crippen LogP contribution in [-0.4, -0.2) is 10.9 Å². The fourth-order valence-electron chi connectivity index (χ4n) is 4.02. The van der Waals surface area contributed by atoms with E-state index in [9.17, 15) is 4.79 Å². The van der Waals surface area contributed by atoms with Crippen LogP contribution in [0.15, 0.2) is 30.3 Å². The summed E-state index contributed by atoms with van der Waals surface area (Å²) in [6.07, 6.45) is 9.50. The maximum absolute atomic E-state index is 12.6. The van der Waals surface area contributed by atoms with Gasteiger partial charge in [0.25, 0.3) is 0 Å². The minimum Gasteiger partial charge on any atom is -0.325 e. The van der Waals surface area contributed by atoms with E-state index in [-0.39, 0.29) is 18.3 Å². The molecule has 0 unspecified atom stereocenters. The van der Waals surface area contributed by atoms with Crippen LogP contribution in [0.3, 0.4) is 0 Å². The summed E-state index contributed by atoms with van der Waals surface area (Å²) < 4.78 is 0. The van der Waals surface area contributed by atoms with Crippen molar-refractivity contribution in [2.75, 3.05) is 5.32 Å². The molecule has 4 rings (SSSR count). The highest BCUT2D eigenvalue weighted by molar-refractivity contribution is 5.94. The third kappa shape index (κ3) is 3.87. The lowest BCUT2D eigenvalue weighted by Crippen LogP contribution is -2.22. The quantitative estimate of drug-likeness (QED) is 0.883. The second-order valence-corrected chi connectivity index (χ2v) is 6.96. The van der Waals surface area contributed by atoms with Crippen LogP contribution in [0.5, 0.6) is 0 Å². The highest BCUT2D eigenvalue weighted by atomic mass is 35.5. The number of rotatable bonds is 3. The number of nitrogens with one attached hydrogen (secondary N) is 1. The lowest BCUT2D eigenvalue weighted by Gasteiger charge is -2.26. The Labute approximate surface area is 155 Å². The number of hydrogen-bond donors (Lipinski definition) is 1. The number of nitrogens with zero attached hydrogens (tertiary/aromatic N) is 1. The molecule has 0 radical (unpaired) electrons. The zero-order chi connectivity index (χ0) is 16.4. The van der Waals surface area contributed by atoms with Crippen LogP contribution < -0.4 is 5.32 Å². The Bertz CT molecular complexity index is 724. The van der Waals surface area contributed by atoms with Gasteiger partial charge in [-0.1, -0.05) is 30.3 Å². The molecule has 2 aromatic rings. The Balaban J connectivity index is 0.00000182. The number of amides is 1. The number of pyridine rings is 1. The normalized spacial score (nSPS) is 15.5. The Morgan fingerprint density at radius 2 is 1.44 bits per heavy atom. The zero-order valence-corrected chi connectivity index (χ0v) is 15.3. The first-order valence-corrected chi connectivity index (χ1v) is 9.18. The van der Waals surface area contributed by atoms with Crippen LogP contribution in [0.1, 0.15) is 53.8 Å². The molecule has 0 fully saturated rings. The molecule has 25 heavy (non-hydrogen) atoms. The van der Waals surface area contributed by atoms with Gasteiger partial charge >= 0.3 is 0 Å². The summed E-state index contributed by atoms with van der Waals surface area (Å²) in [5, 5.41) is 3.27. The van der Waals surface area contributed by atoms with Gasteiger partial charge in [-0.05, 0) is 68.1 Å². The van der Waals surface area contributed by atoms with Crippen LogP contribution in [-0.2, 0) is 36.9 Å². The summed E-state index contributed by atoms with van der Waals surface area (Å²) >= 11 is 0. The predicted octanol–water partition coefficient (Wildman–Crippen LogP) is 4.44. The lowest BCUT2D eigenvalue weighted by molar-refractivity contribution is -0.115. The number of anilines is 1. The smallest absolute Gasteiger partial charge is 0.228 e. The van der Waals surface area contributed by atoms with E-state index in [0.717, 1.165) is 36.9 Å². The van der Waals surface area contributed by atoms with Gasteiger partial charge in [0.2, 0.25) is 5.91 Å². The third-order valence-electron chi connectivity index (χ3n) is 5.22. The van der Waals surface area contributed by atoms with Gasteiger partial charge in [-0.25, -0.2) is 0 Å². The Hall–Kier alpha value is -1.87. The van der Waals surface area contributed by atoms with E-state index in [1.54, 1.807) is 0 Å². The number of carbonyl (C=O) groups excluding carboxylic acids is 1. The van der Waals surface area contributed by atoms with E-state index in [0.29, 0.717) is 6.42 Å². The van der Waals surface area contributed by atoms with Gasteiger partial charge in [-0.15, -0.1) is 12.4 Å². The molecule has 132 valence electrons. The number of carbonyl (C=O) groups is 1. The van der Waals surface area contributed by atoms with E-state index in [1.165, 1.54) is 48.2 Å². The molecule has 1 aromatic carbocycles. The van der Waals surface area contributed by atoms with Gasteiger partial charge in [0, 0.05) is 11.4 Å². The number of benzene rings is 1. The minimum atomic E-state index is 0. The second-order valence-electron chi connectivity index (χ2n) is 6.96. The Morgan fingerprint density at radius 1 is 0.880 bits per heavy atom. The number of aryl methyl sites for hydroxylation is 2. The molecule has 1 amide bonds. The molecule has 1 N–H and O–H groups in total. The van der Waals surface area contributed by atoms with Crippen LogP contribution in [0.4, 0.5) is 5.69 Å². The molecule has 0 saturated carbocycles. The molecule has 1 aromatic heterocycles. The molecule has 4 heteroatoms. The third-order valence-corrected chi connectivity index (χ3v) is 5.22. The molecule has 0 saturated heterocycles. The Morgan fingerprint density at radius 3 is 2.04 bits per heavy atom. The lowest BCUT2D eigenvalue weighted by atomic mass is 9.87. The number of fused-ring (bicyclic) bond motifs is 2. The number of halogens is 1. The SMILES string of the molecule is Cl.O=C(Cc1ccccc1)Nc1c2c(nc3c1CCCC3)CCCC2. The highest BCUT2D eigenvalue weighted by Gasteiger charge is 2.24. The maximum atomic E-state index is 12.6. The molecule has 0 spiro atoms. The van der Waals surface area contributed by atoms with E-state index in [1.807, 2.05) is 30.3 Å². The van der Waals surface area contributed by atoms with Crippen molar-refractivity contribution in [3.63, 3.8) is 0 Å². The topological polar surface area (TPSA) is 42.0 Å². The summed E-state index contributed by atoms with van der Waals surface area (Å²) in [6, 6.07) is 9.97. The molecule has 0 aliphatic heterocycles. The van der Waals surface area contributed by atoms with Gasteiger partial charge < -0.3 is 5.32 Å². The number of hydrogen-bond acceptors (Lipinski definition) is 2. The van der Waals surface area contributed by atoms with Crippen LogP contribution >= 0.6 is 12.4 Å². The molecule has 0 bridgehead atoms. The fraction of sp³-hybridized carbons (Fsp3) is 0.429. The van der Waals surface area contributed by atoms with Crippen molar-refractivity contribution in [2.24, 2.45) is 0 Å². The largest absolute Gasteiger partial charge is 0.325 e. The van der Waals surface area contributed by atoms with Gasteiger partial charge in [-0.2, -0.15) is 0 Å². The molecular formula is C21H25ClN2O. The van der Waals surface area contributed by atoms with Crippen LogP contribution in [0.2, 0.25) is 0 Å². The highest BCUT2D eigenvalue weighted by Crippen LogP contribution is 2.35. The van der Waals surface area contributed by atoms with Crippen molar-refractivity contribution < 1.29 is 4.79 Å². The summed E-state index contributed by atoms with van der Waals surface area (Å²) in [5.41, 5.74) is 7.25.